The van der Waals surface area contributed by atoms with Gasteiger partial charge in [-0.05, 0) is 37.5 Å². The zero-order valence-electron chi connectivity index (χ0n) is 17.1. The molecule has 1 N–H and O–H groups in total. The van der Waals surface area contributed by atoms with Crippen LogP contribution in [0.1, 0.15) is 31.0 Å². The monoisotopic (exact) mass is 424 g/mol. The molecule has 0 spiro atoms. The van der Waals surface area contributed by atoms with Crippen LogP contribution >= 0.6 is 11.5 Å². The lowest BCUT2D eigenvalue weighted by molar-refractivity contribution is 0.0650. The molecule has 2 fully saturated rings. The number of aryl methyl sites for hydroxylation is 1. The maximum atomic E-state index is 8.07. The van der Waals surface area contributed by atoms with Gasteiger partial charge in [0, 0.05) is 12.2 Å². The van der Waals surface area contributed by atoms with E-state index < -0.39 is 5.54 Å². The number of H-pyrrole nitrogens is 1. The Morgan fingerprint density at radius 1 is 1.27 bits per heavy atom. The van der Waals surface area contributed by atoms with Gasteiger partial charge in [-0.2, -0.15) is 9.47 Å². The van der Waals surface area contributed by atoms with Gasteiger partial charge in [-0.1, -0.05) is 0 Å². The Labute approximate surface area is 179 Å². The molecule has 3 aromatic rings. The number of hydrogen-bond donors (Lipinski definition) is 1. The first-order valence-corrected chi connectivity index (χ1v) is 11.0. The highest BCUT2D eigenvalue weighted by Crippen LogP contribution is 2.44. The molecule has 9 heteroatoms. The third kappa shape index (κ3) is 3.16. The molecule has 2 aliphatic heterocycles. The topological polar surface area (TPSA) is 80.5 Å². The minimum Gasteiger partial charge on any atom is -0.381 e. The molecule has 8 nitrogen and oxygen atoms in total. The zero-order valence-corrected chi connectivity index (χ0v) is 18.0. The molecule has 0 saturated carbocycles. The van der Waals surface area contributed by atoms with Crippen molar-refractivity contribution in [1.82, 2.24) is 19.6 Å². The van der Waals surface area contributed by atoms with Crippen molar-refractivity contribution in [2.24, 2.45) is 0 Å². The molecule has 30 heavy (non-hydrogen) atoms. The predicted molar refractivity (Wildman–Crippen MR) is 116 cm³/mol. The molecule has 5 rings (SSSR count). The van der Waals surface area contributed by atoms with Crippen LogP contribution in [0.15, 0.2) is 12.1 Å². The molecule has 5 heterocycles. The molecule has 156 valence electrons. The molecular formula is C21H24N6O2S. The second kappa shape index (κ2) is 7.61. The van der Waals surface area contributed by atoms with E-state index in [1.807, 2.05) is 13.0 Å². The van der Waals surface area contributed by atoms with Crippen molar-refractivity contribution < 1.29 is 9.47 Å². The van der Waals surface area contributed by atoms with Gasteiger partial charge in [-0.15, -0.1) is 0 Å². The van der Waals surface area contributed by atoms with Gasteiger partial charge in [0.25, 0.3) is 5.54 Å². The second-order valence-electron chi connectivity index (χ2n) is 8.05. The first kappa shape index (κ1) is 19.4. The lowest BCUT2D eigenvalue weighted by Crippen LogP contribution is -2.44. The van der Waals surface area contributed by atoms with Crippen molar-refractivity contribution in [1.29, 1.82) is 0 Å². The number of nitrogens with one attached hydrogen (secondary N) is 1. The molecule has 3 aromatic heterocycles. The van der Waals surface area contributed by atoms with Crippen molar-refractivity contribution in [2.75, 3.05) is 37.9 Å². The molecule has 0 amide bonds. The van der Waals surface area contributed by atoms with E-state index in [4.69, 9.17) is 25.4 Å². The highest BCUT2D eigenvalue weighted by Gasteiger charge is 2.44. The van der Waals surface area contributed by atoms with Gasteiger partial charge >= 0.3 is 0 Å². The van der Waals surface area contributed by atoms with Crippen LogP contribution in [0.2, 0.25) is 0 Å². The summed E-state index contributed by atoms with van der Waals surface area (Å²) >= 11 is 1.41. The Balaban J connectivity index is 1.73. The Hall–Kier alpha value is -2.54. The van der Waals surface area contributed by atoms with E-state index in [0.717, 1.165) is 45.2 Å². The SMILES string of the molecule is [C-]#[N+]C1(c2cc(N3CCOC[C@H]3C)nc3c(-c4cc(C)[nH]n4)nsc23)CCOCC1. The number of pyridine rings is 1. The number of nitrogens with zero attached hydrogens (tertiary/aromatic N) is 5. The molecular weight excluding hydrogens is 400 g/mol. The third-order valence-electron chi connectivity index (χ3n) is 6.06. The molecule has 0 aromatic carbocycles. The first-order chi connectivity index (χ1) is 14.6. The van der Waals surface area contributed by atoms with E-state index in [0.29, 0.717) is 39.3 Å². The number of morpholine rings is 1. The van der Waals surface area contributed by atoms with Crippen molar-refractivity contribution in [2.45, 2.75) is 38.3 Å². The largest absolute Gasteiger partial charge is 0.381 e. The number of aromatic nitrogens is 4. The predicted octanol–water partition coefficient (Wildman–Crippen LogP) is 3.54. The summed E-state index contributed by atoms with van der Waals surface area (Å²) in [5.41, 5.74) is 3.78. The quantitative estimate of drug-likeness (QED) is 0.648. The van der Waals surface area contributed by atoms with Gasteiger partial charge in [0.1, 0.15) is 22.7 Å². The van der Waals surface area contributed by atoms with Crippen molar-refractivity contribution in [3.8, 4) is 11.4 Å². The van der Waals surface area contributed by atoms with E-state index in [-0.39, 0.29) is 6.04 Å². The number of hydrogen-bond acceptors (Lipinski definition) is 7. The third-order valence-corrected chi connectivity index (χ3v) is 6.93. The average Bonchev–Trinajstić information content (AvgIpc) is 3.39. The second-order valence-corrected chi connectivity index (χ2v) is 8.82. The van der Waals surface area contributed by atoms with Gasteiger partial charge in [0.05, 0.1) is 55.6 Å². The normalized spacial score (nSPS) is 21.6. The van der Waals surface area contributed by atoms with Gasteiger partial charge in [-0.3, -0.25) is 5.10 Å². The summed E-state index contributed by atoms with van der Waals surface area (Å²) in [6.45, 7) is 15.5. The Morgan fingerprint density at radius 3 is 2.80 bits per heavy atom. The van der Waals surface area contributed by atoms with E-state index in [1.165, 1.54) is 11.5 Å². The molecule has 0 unspecified atom stereocenters. The Kier molecular flexibility index (Phi) is 4.93. The van der Waals surface area contributed by atoms with Crippen molar-refractivity contribution >= 4 is 27.6 Å². The van der Waals surface area contributed by atoms with Gasteiger partial charge in [0.15, 0.2) is 0 Å². The van der Waals surface area contributed by atoms with Gasteiger partial charge in [-0.25, -0.2) is 11.6 Å². The fourth-order valence-electron chi connectivity index (χ4n) is 4.33. The van der Waals surface area contributed by atoms with E-state index in [1.54, 1.807) is 0 Å². The smallest absolute Gasteiger partial charge is 0.263 e. The Bertz CT molecular complexity index is 1110. The maximum Gasteiger partial charge on any atom is 0.263 e. The van der Waals surface area contributed by atoms with Crippen molar-refractivity contribution in [3.05, 3.63) is 34.8 Å². The summed E-state index contributed by atoms with van der Waals surface area (Å²) in [4.78, 5) is 11.5. The van der Waals surface area contributed by atoms with Crippen LogP contribution in [0.5, 0.6) is 0 Å². The molecule has 2 saturated heterocycles. The highest BCUT2D eigenvalue weighted by atomic mass is 32.1. The summed E-state index contributed by atoms with van der Waals surface area (Å²) in [5, 5.41) is 7.41. The number of fused-ring (bicyclic) bond motifs is 1. The fourth-order valence-corrected chi connectivity index (χ4v) is 5.26. The summed E-state index contributed by atoms with van der Waals surface area (Å²) in [5.74, 6) is 0.886. The zero-order chi connectivity index (χ0) is 20.7. The number of aromatic amines is 1. The van der Waals surface area contributed by atoms with E-state index >= 15 is 0 Å². The standard InChI is InChI=1S/C21H24N6O2S/c1-13-10-16(25-24-13)18-19-20(30-26-18)15(21(22-3)4-7-28-8-5-21)11-17(23-19)27-6-9-29-12-14(27)2/h10-11,14H,4-9,12H2,1-2H3,(H,24,25)/t14-/m1/s1. The van der Waals surface area contributed by atoms with Crippen molar-refractivity contribution in [3.63, 3.8) is 0 Å². The molecule has 2 aliphatic rings. The first-order valence-electron chi connectivity index (χ1n) is 10.3. The molecule has 0 aliphatic carbocycles. The van der Waals surface area contributed by atoms with Crippen LogP contribution in [-0.2, 0) is 15.0 Å². The summed E-state index contributed by atoms with van der Waals surface area (Å²) in [7, 11) is 0. The van der Waals surface area contributed by atoms with E-state index in [9.17, 15) is 0 Å². The highest BCUT2D eigenvalue weighted by molar-refractivity contribution is 7.13. The lowest BCUT2D eigenvalue weighted by atomic mass is 9.83. The van der Waals surface area contributed by atoms with Crippen LogP contribution in [0.4, 0.5) is 5.82 Å². The van der Waals surface area contributed by atoms with Crippen LogP contribution in [0, 0.1) is 13.5 Å². The fraction of sp³-hybridized carbons (Fsp3) is 0.524. The van der Waals surface area contributed by atoms with Crippen LogP contribution < -0.4 is 4.90 Å². The number of anilines is 1. The van der Waals surface area contributed by atoms with E-state index in [2.05, 4.69) is 32.9 Å². The van der Waals surface area contributed by atoms with Gasteiger partial charge < -0.3 is 19.2 Å². The van der Waals surface area contributed by atoms with Crippen LogP contribution in [-0.4, -0.2) is 58.6 Å². The minimum absolute atomic E-state index is 0.220. The maximum absolute atomic E-state index is 8.07. The molecule has 0 radical (unpaired) electrons. The van der Waals surface area contributed by atoms with Gasteiger partial charge in [0.2, 0.25) is 0 Å². The number of rotatable bonds is 3. The Morgan fingerprint density at radius 2 is 2.10 bits per heavy atom. The summed E-state index contributed by atoms with van der Waals surface area (Å²) in [6, 6.07) is 4.32. The molecule has 1 atom stereocenters. The van der Waals surface area contributed by atoms with Crippen LogP contribution in [0.3, 0.4) is 0 Å². The summed E-state index contributed by atoms with van der Waals surface area (Å²) < 4.78 is 16.9. The number of ether oxygens (including phenoxy) is 2. The van der Waals surface area contributed by atoms with Crippen LogP contribution in [0.25, 0.3) is 26.4 Å². The molecule has 0 bridgehead atoms. The lowest BCUT2D eigenvalue weighted by Gasteiger charge is -2.35. The average molecular weight is 425 g/mol. The minimum atomic E-state index is -0.602. The summed E-state index contributed by atoms with van der Waals surface area (Å²) in [6.07, 6.45) is 1.37.